The molecule has 0 radical (unpaired) electrons. The maximum absolute atomic E-state index is 12.0. The molecule has 0 spiro atoms. The zero-order valence-electron chi connectivity index (χ0n) is 14.5. The Bertz CT molecular complexity index is 652. The first-order chi connectivity index (χ1) is 12.3. The van der Waals surface area contributed by atoms with Gasteiger partial charge >= 0.3 is 0 Å². The van der Waals surface area contributed by atoms with Crippen molar-refractivity contribution in [1.29, 1.82) is 0 Å². The van der Waals surface area contributed by atoms with Crippen LogP contribution in [0.5, 0.6) is 0 Å². The normalized spacial score (nSPS) is 17.4. The average molecular weight is 359 g/mol. The summed E-state index contributed by atoms with van der Waals surface area (Å²) in [7, 11) is 0. The molecule has 2 heterocycles. The van der Waals surface area contributed by atoms with E-state index in [4.69, 9.17) is 0 Å². The van der Waals surface area contributed by atoms with Crippen LogP contribution in [0.2, 0.25) is 0 Å². The molecule has 25 heavy (non-hydrogen) atoms. The van der Waals surface area contributed by atoms with Gasteiger partial charge in [0.05, 0.1) is 5.69 Å². The molecule has 2 N–H and O–H groups in total. The van der Waals surface area contributed by atoms with Crippen molar-refractivity contribution in [2.45, 2.75) is 36.6 Å². The summed E-state index contributed by atoms with van der Waals surface area (Å²) >= 11 is 1.82. The zero-order valence-corrected chi connectivity index (χ0v) is 15.3. The van der Waals surface area contributed by atoms with Crippen LogP contribution in [0.15, 0.2) is 47.5 Å². The van der Waals surface area contributed by atoms with Gasteiger partial charge in [-0.25, -0.2) is 0 Å². The minimum absolute atomic E-state index is 0.0288. The summed E-state index contributed by atoms with van der Waals surface area (Å²) in [6.45, 7) is 3.09. The molecular formula is C19H26N4OS. The van der Waals surface area contributed by atoms with Gasteiger partial charge in [-0.1, -0.05) is 18.2 Å². The van der Waals surface area contributed by atoms with Crippen LogP contribution in [0, 0.1) is 0 Å². The van der Waals surface area contributed by atoms with Crippen LogP contribution in [-0.2, 0) is 11.3 Å². The molecule has 3 rings (SSSR count). The second-order valence-electron chi connectivity index (χ2n) is 6.35. The van der Waals surface area contributed by atoms with E-state index in [-0.39, 0.29) is 5.91 Å². The Balaban J connectivity index is 1.33. The first-order valence-corrected chi connectivity index (χ1v) is 9.98. The molecule has 5 nitrogen and oxygen atoms in total. The van der Waals surface area contributed by atoms with Crippen LogP contribution in [-0.4, -0.2) is 41.1 Å². The van der Waals surface area contributed by atoms with Gasteiger partial charge in [0.1, 0.15) is 6.54 Å². The number of piperidine rings is 1. The summed E-state index contributed by atoms with van der Waals surface area (Å²) in [5.74, 6) is 1.51. The monoisotopic (exact) mass is 358 g/mol. The third-order valence-electron chi connectivity index (χ3n) is 4.34. The maximum atomic E-state index is 12.0. The molecule has 1 aliphatic heterocycles. The highest BCUT2D eigenvalue weighted by Crippen LogP contribution is 2.21. The number of rotatable bonds is 8. The summed E-state index contributed by atoms with van der Waals surface area (Å²) in [6, 6.07) is 12.4. The largest absolute Gasteiger partial charge is 0.354 e. The van der Waals surface area contributed by atoms with E-state index < -0.39 is 0 Å². The first-order valence-electron chi connectivity index (χ1n) is 9.00. The van der Waals surface area contributed by atoms with E-state index >= 15 is 0 Å². The van der Waals surface area contributed by atoms with E-state index in [0.717, 1.165) is 31.0 Å². The van der Waals surface area contributed by atoms with Crippen molar-refractivity contribution < 1.29 is 4.79 Å². The molecule has 1 aromatic carbocycles. The lowest BCUT2D eigenvalue weighted by atomic mass is 9.97. The summed E-state index contributed by atoms with van der Waals surface area (Å²) in [4.78, 5) is 13.3. The third-order valence-corrected chi connectivity index (χ3v) is 5.44. The number of hydrogen-bond acceptors (Lipinski definition) is 4. The second-order valence-corrected chi connectivity index (χ2v) is 7.51. The Hall–Kier alpha value is -1.79. The van der Waals surface area contributed by atoms with Crippen molar-refractivity contribution in [3.05, 3.63) is 48.3 Å². The van der Waals surface area contributed by atoms with Crippen molar-refractivity contribution in [3.8, 4) is 0 Å². The predicted molar refractivity (Wildman–Crippen MR) is 102 cm³/mol. The number of carbonyl (C=O) groups is 1. The van der Waals surface area contributed by atoms with Crippen LogP contribution in [0.25, 0.3) is 0 Å². The van der Waals surface area contributed by atoms with Crippen molar-refractivity contribution in [1.82, 2.24) is 20.4 Å². The summed E-state index contributed by atoms with van der Waals surface area (Å²) in [5, 5.41) is 11.0. The number of amides is 1. The van der Waals surface area contributed by atoms with Gasteiger partial charge in [-0.2, -0.15) is 5.10 Å². The van der Waals surface area contributed by atoms with Crippen LogP contribution >= 0.6 is 11.8 Å². The summed E-state index contributed by atoms with van der Waals surface area (Å²) in [6.07, 6.45) is 5.24. The van der Waals surface area contributed by atoms with Crippen LogP contribution in [0.4, 0.5) is 0 Å². The van der Waals surface area contributed by atoms with Gasteiger partial charge in [0.2, 0.25) is 5.91 Å². The zero-order chi connectivity index (χ0) is 17.3. The van der Waals surface area contributed by atoms with Crippen molar-refractivity contribution >= 4 is 17.7 Å². The van der Waals surface area contributed by atoms with Gasteiger partial charge in [0.15, 0.2) is 0 Å². The Kier molecular flexibility index (Phi) is 6.94. The third kappa shape index (κ3) is 5.90. The molecule has 6 heteroatoms. The Morgan fingerprint density at radius 3 is 3.00 bits per heavy atom. The Labute approximate surface area is 153 Å². The van der Waals surface area contributed by atoms with E-state index in [0.29, 0.717) is 19.0 Å². The Morgan fingerprint density at radius 2 is 2.20 bits per heavy atom. The van der Waals surface area contributed by atoms with Crippen molar-refractivity contribution in [2.75, 3.05) is 25.4 Å². The fraction of sp³-hybridized carbons (Fsp3) is 0.474. The lowest BCUT2D eigenvalue weighted by Crippen LogP contribution is -2.30. The number of carbonyl (C=O) groups excluding carboxylic acids is 1. The number of nitrogens with one attached hydrogen (secondary N) is 2. The lowest BCUT2D eigenvalue weighted by Gasteiger charge is -2.20. The number of thioether (sulfide) groups is 1. The lowest BCUT2D eigenvalue weighted by molar-refractivity contribution is -0.121. The highest BCUT2D eigenvalue weighted by molar-refractivity contribution is 7.99. The molecule has 0 bridgehead atoms. The molecule has 0 aliphatic carbocycles. The quantitative estimate of drug-likeness (QED) is 0.563. The highest BCUT2D eigenvalue weighted by atomic mass is 32.2. The number of nitrogens with zero attached hydrogens (tertiary/aromatic N) is 2. The van der Waals surface area contributed by atoms with Crippen molar-refractivity contribution in [2.24, 2.45) is 0 Å². The maximum Gasteiger partial charge on any atom is 0.241 e. The standard InChI is InChI=1S/C19H26N4OS/c24-19(21-11-5-13-25-17-7-2-1-3-8-17)15-23-12-9-18(22-23)16-6-4-10-20-14-16/h1-3,7-9,12,16,20H,4-6,10-11,13-15H2,(H,21,24)/t16-/m0/s1. The Morgan fingerprint density at radius 1 is 1.32 bits per heavy atom. The summed E-state index contributed by atoms with van der Waals surface area (Å²) in [5.41, 5.74) is 1.10. The smallest absolute Gasteiger partial charge is 0.241 e. The molecule has 0 saturated carbocycles. The number of hydrogen-bond donors (Lipinski definition) is 2. The fourth-order valence-corrected chi connectivity index (χ4v) is 3.87. The van der Waals surface area contributed by atoms with Crippen LogP contribution < -0.4 is 10.6 Å². The molecule has 1 aliphatic rings. The van der Waals surface area contributed by atoms with Crippen LogP contribution in [0.3, 0.4) is 0 Å². The predicted octanol–water partition coefficient (Wildman–Crippen LogP) is 2.65. The summed E-state index contributed by atoms with van der Waals surface area (Å²) < 4.78 is 1.75. The van der Waals surface area contributed by atoms with Gasteiger partial charge in [-0.05, 0) is 49.8 Å². The molecule has 1 fully saturated rings. The molecule has 1 aromatic heterocycles. The van der Waals surface area contributed by atoms with E-state index in [2.05, 4.69) is 27.9 Å². The minimum atomic E-state index is 0.0288. The van der Waals surface area contributed by atoms with Gasteiger partial charge in [0, 0.05) is 30.1 Å². The molecule has 1 atom stereocenters. The topological polar surface area (TPSA) is 59.0 Å². The molecule has 0 unspecified atom stereocenters. The van der Waals surface area contributed by atoms with E-state index in [9.17, 15) is 4.79 Å². The van der Waals surface area contributed by atoms with Crippen LogP contribution in [0.1, 0.15) is 30.9 Å². The van der Waals surface area contributed by atoms with Gasteiger partial charge in [-0.15, -0.1) is 11.8 Å². The minimum Gasteiger partial charge on any atom is -0.354 e. The average Bonchev–Trinajstić information content (AvgIpc) is 3.11. The fourth-order valence-electron chi connectivity index (χ4n) is 3.00. The highest BCUT2D eigenvalue weighted by Gasteiger charge is 2.17. The van der Waals surface area contributed by atoms with Gasteiger partial charge in [0.25, 0.3) is 0 Å². The molecule has 1 amide bonds. The number of aromatic nitrogens is 2. The molecule has 134 valence electrons. The molecule has 1 saturated heterocycles. The molecule has 2 aromatic rings. The van der Waals surface area contributed by atoms with E-state index in [1.807, 2.05) is 42.2 Å². The van der Waals surface area contributed by atoms with E-state index in [1.165, 1.54) is 17.7 Å². The number of benzene rings is 1. The van der Waals surface area contributed by atoms with Crippen molar-refractivity contribution in [3.63, 3.8) is 0 Å². The first kappa shape index (κ1) is 18.0. The van der Waals surface area contributed by atoms with Gasteiger partial charge < -0.3 is 10.6 Å². The SMILES string of the molecule is O=C(Cn1ccc([C@H]2CCCNC2)n1)NCCCSc1ccccc1. The van der Waals surface area contributed by atoms with E-state index in [1.54, 1.807) is 4.68 Å². The molecular weight excluding hydrogens is 332 g/mol. The van der Waals surface area contributed by atoms with Gasteiger partial charge in [-0.3, -0.25) is 9.48 Å². The second kappa shape index (κ2) is 9.63.